The Balaban J connectivity index is 2.69. The molecule has 1 aliphatic rings. The van der Waals surface area contributed by atoms with Crippen LogP contribution >= 0.6 is 11.6 Å². The van der Waals surface area contributed by atoms with Crippen molar-refractivity contribution in [3.05, 3.63) is 34.3 Å². The minimum absolute atomic E-state index is 0.196. The van der Waals surface area contributed by atoms with Gasteiger partial charge >= 0.3 is 0 Å². The highest BCUT2D eigenvalue weighted by Gasteiger charge is 2.11. The number of halogens is 1. The van der Waals surface area contributed by atoms with Crippen molar-refractivity contribution in [1.82, 2.24) is 0 Å². The zero-order valence-electron chi connectivity index (χ0n) is 7.83. The molecule has 0 amide bonds. The summed E-state index contributed by atoms with van der Waals surface area (Å²) in [6, 6.07) is 5.65. The van der Waals surface area contributed by atoms with Gasteiger partial charge in [0.2, 0.25) is 0 Å². The van der Waals surface area contributed by atoms with Crippen molar-refractivity contribution in [3.8, 4) is 0 Å². The number of carbonyl (C=O) groups excluding carboxylic acids is 1. The molecule has 0 saturated carbocycles. The summed E-state index contributed by atoms with van der Waals surface area (Å²) in [6.07, 6.45) is 2.95. The fraction of sp³-hybridized carbons (Fsp3) is 0.273. The van der Waals surface area contributed by atoms with Gasteiger partial charge in [0, 0.05) is 10.8 Å². The first-order chi connectivity index (χ1) is 6.72. The highest BCUT2D eigenvalue weighted by molar-refractivity contribution is 6.67. The second-order valence-electron chi connectivity index (χ2n) is 3.28. The van der Waals surface area contributed by atoms with Gasteiger partial charge in [-0.05, 0) is 36.2 Å². The molecule has 0 saturated heterocycles. The Hall–Kier alpha value is -1.15. The number of hydrogen-bond acceptors (Lipinski definition) is 2. The number of nitrogens with zero attached hydrogens (tertiary/aromatic N) is 1. The van der Waals surface area contributed by atoms with Crippen LogP contribution in [0.1, 0.15) is 23.7 Å². The predicted molar refractivity (Wildman–Crippen MR) is 56.0 cm³/mol. The van der Waals surface area contributed by atoms with Gasteiger partial charge in [0.05, 0.1) is 11.4 Å². The molecule has 0 fully saturated rings. The van der Waals surface area contributed by atoms with Gasteiger partial charge in [-0.3, -0.25) is 9.79 Å². The Labute approximate surface area is 86.9 Å². The molecule has 1 heterocycles. The lowest BCUT2D eigenvalue weighted by atomic mass is 10.1. The number of fused-ring (bicyclic) bond motifs is 1. The molecule has 72 valence electrons. The summed E-state index contributed by atoms with van der Waals surface area (Å²) in [5, 5.41) is 1.35. The van der Waals surface area contributed by atoms with Crippen LogP contribution in [0.2, 0.25) is 0 Å². The normalized spacial score (nSPS) is 18.3. The number of rotatable bonds is 2. The monoisotopic (exact) mass is 207 g/mol. The minimum atomic E-state index is -0.412. The van der Waals surface area contributed by atoms with E-state index in [9.17, 15) is 4.79 Å². The minimum Gasteiger partial charge on any atom is -0.277 e. The van der Waals surface area contributed by atoms with Gasteiger partial charge in [-0.1, -0.05) is 13.0 Å². The quantitative estimate of drug-likeness (QED) is 0.672. The first kappa shape index (κ1) is 9.41. The van der Waals surface area contributed by atoms with Gasteiger partial charge in [0.15, 0.2) is 0 Å². The maximum atomic E-state index is 11.1. The van der Waals surface area contributed by atoms with Crippen LogP contribution in [-0.4, -0.2) is 11.3 Å². The molecule has 1 aliphatic heterocycles. The Morgan fingerprint density at radius 2 is 2.36 bits per heavy atom. The van der Waals surface area contributed by atoms with Crippen molar-refractivity contribution in [2.45, 2.75) is 19.4 Å². The second-order valence-corrected chi connectivity index (χ2v) is 3.63. The van der Waals surface area contributed by atoms with Crippen LogP contribution in [0.5, 0.6) is 0 Å². The van der Waals surface area contributed by atoms with E-state index in [2.05, 4.69) is 11.9 Å². The Bertz CT molecular complexity index is 492. The maximum Gasteiger partial charge on any atom is 0.253 e. The lowest BCUT2D eigenvalue weighted by Crippen LogP contribution is -2.26. The predicted octanol–water partition coefficient (Wildman–Crippen LogP) is 1.26. The van der Waals surface area contributed by atoms with Crippen LogP contribution < -0.4 is 10.6 Å². The van der Waals surface area contributed by atoms with Crippen molar-refractivity contribution in [2.75, 3.05) is 0 Å². The average molecular weight is 208 g/mol. The Morgan fingerprint density at radius 1 is 1.57 bits per heavy atom. The van der Waals surface area contributed by atoms with E-state index in [4.69, 9.17) is 11.6 Å². The molecule has 1 atom stereocenters. The number of hydrogen-bond donors (Lipinski definition) is 0. The third kappa shape index (κ3) is 1.46. The van der Waals surface area contributed by atoms with Crippen LogP contribution in [0.4, 0.5) is 0 Å². The molecule has 1 aromatic rings. The molecule has 3 heteroatoms. The molecule has 0 bridgehead atoms. The molecular weight excluding hydrogens is 198 g/mol. The van der Waals surface area contributed by atoms with Gasteiger partial charge in [0.25, 0.3) is 5.24 Å². The van der Waals surface area contributed by atoms with E-state index < -0.39 is 5.24 Å². The molecule has 1 aromatic carbocycles. The Morgan fingerprint density at radius 3 is 3.00 bits per heavy atom. The number of carbonyl (C=O) groups is 1. The zero-order valence-corrected chi connectivity index (χ0v) is 8.58. The van der Waals surface area contributed by atoms with Gasteiger partial charge in [-0.25, -0.2) is 0 Å². The van der Waals surface area contributed by atoms with Crippen molar-refractivity contribution < 1.29 is 4.79 Å². The third-order valence-corrected chi connectivity index (χ3v) is 2.58. The fourth-order valence-electron chi connectivity index (χ4n) is 1.63. The van der Waals surface area contributed by atoms with Crippen LogP contribution in [0.3, 0.4) is 0 Å². The average Bonchev–Trinajstić information content (AvgIpc) is 2.59. The highest BCUT2D eigenvalue weighted by atomic mass is 35.5. The zero-order chi connectivity index (χ0) is 10.1. The molecule has 0 aliphatic carbocycles. The molecular formula is C11H10ClNO. The standard InChI is InChI=1S/C11H10ClNO/c1-2-7-6-9-8(11(12)14)4-3-5-10(9)13-7/h3-7H,2H2,1H3. The molecule has 0 N–H and O–H groups in total. The van der Waals surface area contributed by atoms with Gasteiger partial charge < -0.3 is 0 Å². The summed E-state index contributed by atoms with van der Waals surface area (Å²) in [5.41, 5.74) is 0.559. The van der Waals surface area contributed by atoms with E-state index in [0.29, 0.717) is 5.56 Å². The molecule has 1 unspecified atom stereocenters. The molecule has 0 radical (unpaired) electrons. The van der Waals surface area contributed by atoms with E-state index >= 15 is 0 Å². The summed E-state index contributed by atoms with van der Waals surface area (Å²) in [7, 11) is 0. The topological polar surface area (TPSA) is 29.4 Å². The first-order valence-corrected chi connectivity index (χ1v) is 4.98. The number of benzene rings is 1. The third-order valence-electron chi connectivity index (χ3n) is 2.38. The van der Waals surface area contributed by atoms with Gasteiger partial charge in [-0.2, -0.15) is 0 Å². The van der Waals surface area contributed by atoms with Crippen LogP contribution in [0.25, 0.3) is 6.08 Å². The van der Waals surface area contributed by atoms with E-state index in [1.807, 2.05) is 18.2 Å². The first-order valence-electron chi connectivity index (χ1n) is 4.61. The molecule has 14 heavy (non-hydrogen) atoms. The van der Waals surface area contributed by atoms with Crippen LogP contribution in [0, 0.1) is 0 Å². The van der Waals surface area contributed by atoms with Crippen molar-refractivity contribution in [1.29, 1.82) is 0 Å². The molecule has 0 aromatic heterocycles. The summed E-state index contributed by atoms with van der Waals surface area (Å²) in [6.45, 7) is 2.07. The van der Waals surface area contributed by atoms with Crippen molar-refractivity contribution in [2.24, 2.45) is 4.99 Å². The Kier molecular flexibility index (Phi) is 2.38. The summed E-state index contributed by atoms with van der Waals surface area (Å²) < 4.78 is 0. The van der Waals surface area contributed by atoms with Gasteiger partial charge in [0.1, 0.15) is 0 Å². The van der Waals surface area contributed by atoms with E-state index in [1.54, 1.807) is 6.07 Å². The van der Waals surface area contributed by atoms with E-state index in [-0.39, 0.29) is 6.04 Å². The van der Waals surface area contributed by atoms with Crippen molar-refractivity contribution in [3.63, 3.8) is 0 Å². The molecule has 2 nitrogen and oxygen atoms in total. The smallest absolute Gasteiger partial charge is 0.253 e. The van der Waals surface area contributed by atoms with Crippen LogP contribution in [0.15, 0.2) is 23.2 Å². The van der Waals surface area contributed by atoms with Gasteiger partial charge in [-0.15, -0.1) is 0 Å². The summed E-state index contributed by atoms with van der Waals surface area (Å²) in [4.78, 5) is 15.6. The largest absolute Gasteiger partial charge is 0.277 e. The SMILES string of the molecule is CCC1C=c2c(C(=O)Cl)cccc2=N1. The fourth-order valence-corrected chi connectivity index (χ4v) is 1.79. The summed E-state index contributed by atoms with van der Waals surface area (Å²) >= 11 is 5.48. The van der Waals surface area contributed by atoms with E-state index in [1.165, 1.54) is 0 Å². The van der Waals surface area contributed by atoms with Crippen molar-refractivity contribution >= 4 is 22.9 Å². The molecule has 2 rings (SSSR count). The molecule has 0 spiro atoms. The highest BCUT2D eigenvalue weighted by Crippen LogP contribution is 2.03. The lowest BCUT2D eigenvalue weighted by molar-refractivity contribution is 0.108. The van der Waals surface area contributed by atoms with Crippen LogP contribution in [-0.2, 0) is 0 Å². The summed E-state index contributed by atoms with van der Waals surface area (Å²) in [5.74, 6) is 0. The van der Waals surface area contributed by atoms with E-state index in [0.717, 1.165) is 17.0 Å². The lowest BCUT2D eigenvalue weighted by Gasteiger charge is -1.94. The second kappa shape index (κ2) is 3.54. The maximum absolute atomic E-state index is 11.1.